The monoisotopic (exact) mass is 285 g/mol. The van der Waals surface area contributed by atoms with Gasteiger partial charge in [0.25, 0.3) is 0 Å². The molecule has 0 aliphatic carbocycles. The molecule has 1 N–H and O–H groups in total. The number of benzene rings is 2. The van der Waals surface area contributed by atoms with Gasteiger partial charge >= 0.3 is 0 Å². The van der Waals surface area contributed by atoms with E-state index >= 15 is 0 Å². The van der Waals surface area contributed by atoms with E-state index in [1.807, 2.05) is 36.4 Å². The number of methoxy groups -OCH3 is 1. The SMILES string of the molecule is COc1ccccc1NCCCCOc1cccc(C)c1. The van der Waals surface area contributed by atoms with Crippen molar-refractivity contribution in [1.82, 2.24) is 0 Å². The van der Waals surface area contributed by atoms with Gasteiger partial charge in [-0.05, 0) is 49.6 Å². The zero-order valence-electron chi connectivity index (χ0n) is 12.8. The molecule has 2 rings (SSSR count). The first-order chi connectivity index (χ1) is 10.3. The van der Waals surface area contributed by atoms with E-state index in [0.717, 1.165) is 43.2 Å². The molecule has 0 radical (unpaired) electrons. The van der Waals surface area contributed by atoms with Crippen LogP contribution in [0.5, 0.6) is 11.5 Å². The second-order valence-corrected chi connectivity index (χ2v) is 5.00. The van der Waals surface area contributed by atoms with E-state index in [1.165, 1.54) is 5.56 Å². The van der Waals surface area contributed by atoms with Crippen molar-refractivity contribution in [2.75, 3.05) is 25.6 Å². The van der Waals surface area contributed by atoms with Crippen molar-refractivity contribution in [1.29, 1.82) is 0 Å². The molecule has 0 heterocycles. The number of unbranched alkanes of at least 4 members (excludes halogenated alkanes) is 1. The average molecular weight is 285 g/mol. The highest BCUT2D eigenvalue weighted by molar-refractivity contribution is 5.55. The standard InChI is InChI=1S/C18H23NO2/c1-15-8-7-9-16(14-15)21-13-6-5-12-19-17-10-3-4-11-18(17)20-2/h3-4,7-11,14,19H,5-6,12-13H2,1-2H3. The summed E-state index contributed by atoms with van der Waals surface area (Å²) >= 11 is 0. The van der Waals surface area contributed by atoms with Crippen LogP contribution < -0.4 is 14.8 Å². The lowest BCUT2D eigenvalue weighted by atomic mass is 10.2. The molecule has 2 aromatic carbocycles. The highest BCUT2D eigenvalue weighted by atomic mass is 16.5. The molecule has 112 valence electrons. The van der Waals surface area contributed by atoms with E-state index in [2.05, 4.69) is 24.4 Å². The van der Waals surface area contributed by atoms with Crippen LogP contribution in [0.1, 0.15) is 18.4 Å². The normalized spacial score (nSPS) is 10.2. The summed E-state index contributed by atoms with van der Waals surface area (Å²) in [6.45, 7) is 3.73. The number of aryl methyl sites for hydroxylation is 1. The van der Waals surface area contributed by atoms with Gasteiger partial charge in [0.1, 0.15) is 11.5 Å². The third kappa shape index (κ3) is 5.03. The Bertz CT molecular complexity index is 554. The van der Waals surface area contributed by atoms with Crippen LogP contribution in [-0.4, -0.2) is 20.3 Å². The van der Waals surface area contributed by atoms with E-state index < -0.39 is 0 Å². The van der Waals surface area contributed by atoms with Crippen molar-refractivity contribution in [3.63, 3.8) is 0 Å². The van der Waals surface area contributed by atoms with Gasteiger partial charge < -0.3 is 14.8 Å². The van der Waals surface area contributed by atoms with Gasteiger partial charge in [-0.15, -0.1) is 0 Å². The fourth-order valence-electron chi connectivity index (χ4n) is 2.14. The quantitative estimate of drug-likeness (QED) is 0.735. The second kappa shape index (κ2) is 8.20. The molecule has 0 unspecified atom stereocenters. The Balaban J connectivity index is 1.64. The molecule has 0 amide bonds. The highest BCUT2D eigenvalue weighted by Crippen LogP contribution is 2.22. The minimum absolute atomic E-state index is 0.747. The number of hydrogen-bond donors (Lipinski definition) is 1. The predicted molar refractivity (Wildman–Crippen MR) is 87.4 cm³/mol. The molecule has 2 aromatic rings. The summed E-state index contributed by atoms with van der Waals surface area (Å²) in [6, 6.07) is 16.1. The molecular weight excluding hydrogens is 262 g/mol. The van der Waals surface area contributed by atoms with Gasteiger partial charge in [0.05, 0.1) is 19.4 Å². The molecular formula is C18H23NO2. The van der Waals surface area contributed by atoms with Gasteiger partial charge in [-0.2, -0.15) is 0 Å². The largest absolute Gasteiger partial charge is 0.495 e. The van der Waals surface area contributed by atoms with E-state index in [4.69, 9.17) is 9.47 Å². The van der Waals surface area contributed by atoms with Crippen molar-refractivity contribution in [2.24, 2.45) is 0 Å². The number of para-hydroxylation sites is 2. The van der Waals surface area contributed by atoms with Gasteiger partial charge in [0.15, 0.2) is 0 Å². The summed E-state index contributed by atoms with van der Waals surface area (Å²) in [5, 5.41) is 3.39. The molecule has 0 aliphatic rings. The maximum absolute atomic E-state index is 5.73. The molecule has 0 spiro atoms. The topological polar surface area (TPSA) is 30.5 Å². The van der Waals surface area contributed by atoms with E-state index in [1.54, 1.807) is 7.11 Å². The Morgan fingerprint density at radius 2 is 1.86 bits per heavy atom. The van der Waals surface area contributed by atoms with Crippen LogP contribution in [0.2, 0.25) is 0 Å². The fourth-order valence-corrected chi connectivity index (χ4v) is 2.14. The number of hydrogen-bond acceptors (Lipinski definition) is 3. The lowest BCUT2D eigenvalue weighted by Gasteiger charge is -2.11. The van der Waals surface area contributed by atoms with Crippen LogP contribution in [0.4, 0.5) is 5.69 Å². The van der Waals surface area contributed by atoms with Crippen molar-refractivity contribution >= 4 is 5.69 Å². The van der Waals surface area contributed by atoms with Crippen LogP contribution in [0.3, 0.4) is 0 Å². The summed E-state index contributed by atoms with van der Waals surface area (Å²) < 4.78 is 11.0. The summed E-state index contributed by atoms with van der Waals surface area (Å²) in [5.74, 6) is 1.83. The Morgan fingerprint density at radius 1 is 1.00 bits per heavy atom. The summed E-state index contributed by atoms with van der Waals surface area (Å²) in [5.41, 5.74) is 2.27. The first kappa shape index (κ1) is 15.2. The number of ether oxygens (including phenoxy) is 2. The fraction of sp³-hybridized carbons (Fsp3) is 0.333. The summed E-state index contributed by atoms with van der Waals surface area (Å²) in [7, 11) is 1.69. The lowest BCUT2D eigenvalue weighted by molar-refractivity contribution is 0.308. The number of anilines is 1. The zero-order chi connectivity index (χ0) is 14.9. The molecule has 3 nitrogen and oxygen atoms in total. The van der Waals surface area contributed by atoms with Crippen molar-refractivity contribution in [2.45, 2.75) is 19.8 Å². The first-order valence-electron chi connectivity index (χ1n) is 7.36. The minimum atomic E-state index is 0.747. The molecule has 0 saturated heterocycles. The van der Waals surface area contributed by atoms with Gasteiger partial charge in [-0.3, -0.25) is 0 Å². The highest BCUT2D eigenvalue weighted by Gasteiger charge is 2.00. The maximum atomic E-state index is 5.73. The molecule has 0 atom stereocenters. The average Bonchev–Trinajstić information content (AvgIpc) is 2.51. The van der Waals surface area contributed by atoms with E-state index in [9.17, 15) is 0 Å². The molecule has 0 fully saturated rings. The van der Waals surface area contributed by atoms with Gasteiger partial charge in [-0.25, -0.2) is 0 Å². The smallest absolute Gasteiger partial charge is 0.141 e. The van der Waals surface area contributed by atoms with Crippen LogP contribution in [-0.2, 0) is 0 Å². The molecule has 0 aromatic heterocycles. The Hall–Kier alpha value is -2.16. The van der Waals surface area contributed by atoms with Gasteiger partial charge in [-0.1, -0.05) is 24.3 Å². The minimum Gasteiger partial charge on any atom is -0.495 e. The van der Waals surface area contributed by atoms with E-state index in [0.29, 0.717) is 0 Å². The molecule has 21 heavy (non-hydrogen) atoms. The Morgan fingerprint density at radius 3 is 2.67 bits per heavy atom. The van der Waals surface area contributed by atoms with Gasteiger partial charge in [0, 0.05) is 6.54 Å². The van der Waals surface area contributed by atoms with Crippen molar-refractivity contribution in [3.8, 4) is 11.5 Å². The first-order valence-corrected chi connectivity index (χ1v) is 7.36. The molecule has 0 bridgehead atoms. The predicted octanol–water partition coefficient (Wildman–Crippen LogP) is 4.27. The van der Waals surface area contributed by atoms with Crippen LogP contribution in [0.25, 0.3) is 0 Å². The number of nitrogens with one attached hydrogen (secondary N) is 1. The molecule has 0 aliphatic heterocycles. The second-order valence-electron chi connectivity index (χ2n) is 5.00. The maximum Gasteiger partial charge on any atom is 0.141 e. The molecule has 3 heteroatoms. The number of rotatable bonds is 8. The van der Waals surface area contributed by atoms with E-state index in [-0.39, 0.29) is 0 Å². The summed E-state index contributed by atoms with van der Waals surface area (Å²) in [4.78, 5) is 0. The van der Waals surface area contributed by atoms with Crippen LogP contribution in [0, 0.1) is 6.92 Å². The van der Waals surface area contributed by atoms with Crippen molar-refractivity contribution < 1.29 is 9.47 Å². The molecule has 0 saturated carbocycles. The Labute approximate surface area is 126 Å². The zero-order valence-corrected chi connectivity index (χ0v) is 12.8. The van der Waals surface area contributed by atoms with Crippen molar-refractivity contribution in [3.05, 3.63) is 54.1 Å². The van der Waals surface area contributed by atoms with Gasteiger partial charge in [0.2, 0.25) is 0 Å². The third-order valence-corrected chi connectivity index (χ3v) is 3.25. The third-order valence-electron chi connectivity index (χ3n) is 3.25. The lowest BCUT2D eigenvalue weighted by Crippen LogP contribution is -2.05. The van der Waals surface area contributed by atoms with Crippen LogP contribution >= 0.6 is 0 Å². The summed E-state index contributed by atoms with van der Waals surface area (Å²) in [6.07, 6.45) is 2.08. The Kier molecular flexibility index (Phi) is 5.95. The van der Waals surface area contributed by atoms with Crippen LogP contribution in [0.15, 0.2) is 48.5 Å².